The van der Waals surface area contributed by atoms with Crippen LogP contribution in [0.15, 0.2) is 0 Å². The van der Waals surface area contributed by atoms with E-state index in [1.54, 1.807) is 0 Å². The number of carbonyl (C=O) groups excluding carboxylic acids is 1. The number of ketones is 1. The summed E-state index contributed by atoms with van der Waals surface area (Å²) in [5.41, 5.74) is 0. The molecule has 1 saturated heterocycles. The average Bonchev–Trinajstić information content (AvgIpc) is 2.51. The molecule has 1 heterocycles. The molecule has 0 aliphatic carbocycles. The second-order valence-corrected chi connectivity index (χ2v) is 3.92. The van der Waals surface area contributed by atoms with Gasteiger partial charge in [-0.25, -0.2) is 0 Å². The molecule has 0 radical (unpaired) electrons. The first kappa shape index (κ1) is 9.72. The van der Waals surface area contributed by atoms with E-state index in [4.69, 9.17) is 0 Å². The van der Waals surface area contributed by atoms with Gasteiger partial charge >= 0.3 is 0 Å². The van der Waals surface area contributed by atoms with Crippen molar-refractivity contribution in [1.82, 2.24) is 4.90 Å². The van der Waals surface area contributed by atoms with Crippen LogP contribution in [0.2, 0.25) is 0 Å². The van der Waals surface area contributed by atoms with Gasteiger partial charge < -0.3 is 4.90 Å². The van der Waals surface area contributed by atoms with E-state index in [1.165, 1.54) is 25.9 Å². The Morgan fingerprint density at radius 3 is 2.42 bits per heavy atom. The highest BCUT2D eigenvalue weighted by Gasteiger charge is 2.13. The van der Waals surface area contributed by atoms with Gasteiger partial charge in [0.1, 0.15) is 5.78 Å². The fourth-order valence-electron chi connectivity index (χ4n) is 1.56. The smallest absolute Gasteiger partial charge is 0.136 e. The number of carbonyl (C=O) groups is 1. The molecule has 0 aromatic rings. The van der Waals surface area contributed by atoms with E-state index in [2.05, 4.69) is 4.90 Å². The third kappa shape index (κ3) is 2.94. The average molecular weight is 169 g/mol. The van der Waals surface area contributed by atoms with E-state index in [0.29, 0.717) is 5.78 Å². The molecular weight excluding hydrogens is 150 g/mol. The molecule has 1 aliphatic heterocycles. The van der Waals surface area contributed by atoms with E-state index in [0.717, 1.165) is 13.0 Å². The van der Waals surface area contributed by atoms with E-state index in [9.17, 15) is 4.79 Å². The highest BCUT2D eigenvalue weighted by atomic mass is 16.1. The Bertz CT molecular complexity index is 148. The minimum absolute atomic E-state index is 0.215. The second-order valence-electron chi connectivity index (χ2n) is 3.92. The van der Waals surface area contributed by atoms with Gasteiger partial charge in [0.15, 0.2) is 0 Å². The normalized spacial score (nSPS) is 18.9. The molecule has 0 spiro atoms. The van der Waals surface area contributed by atoms with Crippen molar-refractivity contribution >= 4 is 5.78 Å². The van der Waals surface area contributed by atoms with Crippen LogP contribution < -0.4 is 0 Å². The molecule has 1 aliphatic rings. The first-order valence-corrected chi connectivity index (χ1v) is 4.95. The van der Waals surface area contributed by atoms with Crippen LogP contribution in [0.3, 0.4) is 0 Å². The molecule has 0 N–H and O–H groups in total. The van der Waals surface area contributed by atoms with Gasteiger partial charge in [-0.3, -0.25) is 4.79 Å². The highest BCUT2D eigenvalue weighted by molar-refractivity contribution is 5.80. The Kier molecular flexibility index (Phi) is 3.73. The third-order valence-corrected chi connectivity index (χ3v) is 2.52. The molecule has 1 fully saturated rings. The minimum Gasteiger partial charge on any atom is -0.303 e. The van der Waals surface area contributed by atoms with Crippen LogP contribution in [0.5, 0.6) is 0 Å². The lowest BCUT2D eigenvalue weighted by Gasteiger charge is -2.14. The van der Waals surface area contributed by atoms with Crippen molar-refractivity contribution in [1.29, 1.82) is 0 Å². The van der Waals surface area contributed by atoms with E-state index in [-0.39, 0.29) is 5.92 Å². The van der Waals surface area contributed by atoms with Crippen molar-refractivity contribution in [2.75, 3.05) is 19.6 Å². The predicted octanol–water partition coefficient (Wildman–Crippen LogP) is 1.70. The van der Waals surface area contributed by atoms with E-state index >= 15 is 0 Å². The first-order chi connectivity index (χ1) is 5.70. The van der Waals surface area contributed by atoms with Crippen molar-refractivity contribution in [2.45, 2.75) is 33.1 Å². The number of rotatable bonds is 4. The Hall–Kier alpha value is -0.370. The Morgan fingerprint density at radius 2 is 1.92 bits per heavy atom. The maximum absolute atomic E-state index is 11.3. The molecule has 0 amide bonds. The predicted molar refractivity (Wildman–Crippen MR) is 50.1 cm³/mol. The van der Waals surface area contributed by atoms with Gasteiger partial charge in [0.2, 0.25) is 0 Å². The van der Waals surface area contributed by atoms with Gasteiger partial charge in [-0.2, -0.15) is 0 Å². The van der Waals surface area contributed by atoms with Gasteiger partial charge in [0, 0.05) is 18.9 Å². The van der Waals surface area contributed by atoms with Gasteiger partial charge in [-0.1, -0.05) is 13.8 Å². The molecule has 0 saturated carbocycles. The van der Waals surface area contributed by atoms with Gasteiger partial charge in [-0.05, 0) is 25.9 Å². The molecule has 0 bridgehead atoms. The quantitative estimate of drug-likeness (QED) is 0.638. The van der Waals surface area contributed by atoms with Gasteiger partial charge in [0.25, 0.3) is 0 Å². The van der Waals surface area contributed by atoms with Crippen LogP contribution in [0.4, 0.5) is 0 Å². The SMILES string of the molecule is CC(C)C(=O)CCN1CCCC1. The summed E-state index contributed by atoms with van der Waals surface area (Å²) in [6.07, 6.45) is 3.38. The lowest BCUT2D eigenvalue weighted by molar-refractivity contribution is -0.122. The van der Waals surface area contributed by atoms with Crippen molar-refractivity contribution in [3.63, 3.8) is 0 Å². The monoisotopic (exact) mass is 169 g/mol. The molecule has 0 unspecified atom stereocenters. The standard InChI is InChI=1S/C10H19NO/c1-9(2)10(12)5-8-11-6-3-4-7-11/h9H,3-8H2,1-2H3. The molecule has 0 aromatic carbocycles. The third-order valence-electron chi connectivity index (χ3n) is 2.52. The minimum atomic E-state index is 0.215. The molecule has 0 atom stereocenters. The maximum atomic E-state index is 11.3. The van der Waals surface area contributed by atoms with Crippen LogP contribution in [0, 0.1) is 5.92 Å². The molecule has 2 nitrogen and oxygen atoms in total. The number of Topliss-reactive ketones (excluding diaryl/α,β-unsaturated/α-hetero) is 1. The Morgan fingerprint density at radius 1 is 1.33 bits per heavy atom. The molecule has 1 rings (SSSR count). The largest absolute Gasteiger partial charge is 0.303 e. The summed E-state index contributed by atoms with van der Waals surface area (Å²) in [5.74, 6) is 0.620. The molecule has 70 valence electrons. The first-order valence-electron chi connectivity index (χ1n) is 4.95. The lowest BCUT2D eigenvalue weighted by atomic mass is 10.1. The topological polar surface area (TPSA) is 20.3 Å². The van der Waals surface area contributed by atoms with Crippen molar-refractivity contribution < 1.29 is 4.79 Å². The molecule has 2 heteroatoms. The summed E-state index contributed by atoms with van der Waals surface area (Å²) >= 11 is 0. The molecular formula is C10H19NO. The van der Waals surface area contributed by atoms with Crippen LogP contribution in [-0.2, 0) is 4.79 Å². The lowest BCUT2D eigenvalue weighted by Crippen LogP contribution is -2.23. The summed E-state index contributed by atoms with van der Waals surface area (Å²) in [5, 5.41) is 0. The number of likely N-dealkylation sites (tertiary alicyclic amines) is 1. The highest BCUT2D eigenvalue weighted by Crippen LogP contribution is 2.08. The fraction of sp³-hybridized carbons (Fsp3) is 0.900. The number of hydrogen-bond donors (Lipinski definition) is 0. The Labute approximate surface area is 74.9 Å². The van der Waals surface area contributed by atoms with E-state index < -0.39 is 0 Å². The zero-order valence-corrected chi connectivity index (χ0v) is 8.18. The van der Waals surface area contributed by atoms with Gasteiger partial charge in [0.05, 0.1) is 0 Å². The summed E-state index contributed by atoms with van der Waals surface area (Å²) in [6, 6.07) is 0. The molecule has 0 aromatic heterocycles. The van der Waals surface area contributed by atoms with Crippen LogP contribution in [-0.4, -0.2) is 30.3 Å². The van der Waals surface area contributed by atoms with Crippen molar-refractivity contribution in [2.24, 2.45) is 5.92 Å². The summed E-state index contributed by atoms with van der Waals surface area (Å²) in [6.45, 7) is 7.34. The van der Waals surface area contributed by atoms with Crippen LogP contribution in [0.1, 0.15) is 33.1 Å². The van der Waals surface area contributed by atoms with Crippen molar-refractivity contribution in [3.05, 3.63) is 0 Å². The summed E-state index contributed by atoms with van der Waals surface area (Å²) < 4.78 is 0. The van der Waals surface area contributed by atoms with Crippen LogP contribution in [0.25, 0.3) is 0 Å². The number of nitrogens with zero attached hydrogens (tertiary/aromatic N) is 1. The number of hydrogen-bond acceptors (Lipinski definition) is 2. The Balaban J connectivity index is 2.12. The van der Waals surface area contributed by atoms with E-state index in [1.807, 2.05) is 13.8 Å². The summed E-state index contributed by atoms with van der Waals surface area (Å²) in [7, 11) is 0. The molecule has 12 heavy (non-hydrogen) atoms. The second kappa shape index (κ2) is 4.61. The fourth-order valence-corrected chi connectivity index (χ4v) is 1.56. The maximum Gasteiger partial charge on any atom is 0.136 e. The summed E-state index contributed by atoms with van der Waals surface area (Å²) in [4.78, 5) is 13.7. The zero-order chi connectivity index (χ0) is 8.97. The zero-order valence-electron chi connectivity index (χ0n) is 8.18. The van der Waals surface area contributed by atoms with Gasteiger partial charge in [-0.15, -0.1) is 0 Å². The van der Waals surface area contributed by atoms with Crippen molar-refractivity contribution in [3.8, 4) is 0 Å². The van der Waals surface area contributed by atoms with Crippen LogP contribution >= 0.6 is 0 Å².